The van der Waals surface area contributed by atoms with Crippen molar-refractivity contribution in [1.29, 1.82) is 0 Å². The monoisotopic (exact) mass is 312 g/mol. The van der Waals surface area contributed by atoms with Gasteiger partial charge in [0.15, 0.2) is 0 Å². The molecule has 0 aliphatic rings. The third kappa shape index (κ3) is 4.16. The van der Waals surface area contributed by atoms with Crippen LogP contribution in [0.25, 0.3) is 0 Å². The molecule has 0 spiro atoms. The minimum atomic E-state index is -3.25. The van der Waals surface area contributed by atoms with Crippen LogP contribution in [-0.4, -0.2) is 36.8 Å². The molecule has 0 fully saturated rings. The number of aryl methyl sites for hydroxylation is 1. The van der Waals surface area contributed by atoms with Gasteiger partial charge in [-0.3, -0.25) is 5.32 Å². The van der Waals surface area contributed by atoms with Crippen molar-refractivity contribution < 1.29 is 12.8 Å². The smallest absolute Gasteiger partial charge is 0.212 e. The van der Waals surface area contributed by atoms with E-state index in [-0.39, 0.29) is 11.8 Å². The highest BCUT2D eigenvalue weighted by atomic mass is 32.2. The van der Waals surface area contributed by atoms with Gasteiger partial charge in [-0.25, -0.2) is 18.1 Å². The van der Waals surface area contributed by atoms with E-state index in [4.69, 9.17) is 4.42 Å². The summed E-state index contributed by atoms with van der Waals surface area (Å²) in [6.45, 7) is 2.45. The van der Waals surface area contributed by atoms with Gasteiger partial charge in [0.05, 0.1) is 12.0 Å². The van der Waals surface area contributed by atoms with Crippen molar-refractivity contribution >= 4 is 10.0 Å². The molecule has 2 N–H and O–H groups in total. The van der Waals surface area contributed by atoms with E-state index in [2.05, 4.69) is 15.0 Å². The summed E-state index contributed by atoms with van der Waals surface area (Å²) in [5.74, 6) is 1.47. The maximum absolute atomic E-state index is 11.7. The highest BCUT2D eigenvalue weighted by Crippen LogP contribution is 2.20. The van der Waals surface area contributed by atoms with Crippen LogP contribution in [0.4, 0.5) is 0 Å². The molecule has 2 aromatic heterocycles. The van der Waals surface area contributed by atoms with E-state index < -0.39 is 10.0 Å². The molecular formula is C13H20N4O3S. The van der Waals surface area contributed by atoms with Crippen LogP contribution in [0, 0.1) is 0 Å². The van der Waals surface area contributed by atoms with Gasteiger partial charge >= 0.3 is 0 Å². The summed E-state index contributed by atoms with van der Waals surface area (Å²) >= 11 is 0. The number of sulfonamides is 1. The fraction of sp³-hybridized carbons (Fsp3) is 0.462. The zero-order valence-corrected chi connectivity index (χ0v) is 12.9. The van der Waals surface area contributed by atoms with Crippen LogP contribution in [0.2, 0.25) is 0 Å². The van der Waals surface area contributed by atoms with E-state index in [1.54, 1.807) is 25.5 Å². The molecule has 0 aliphatic heterocycles. The standard InChI is InChI=1S/C13H20N4O3S/c1-3-16-21(18,19)10-7-14-12(11-5-4-9-20-11)13-15-6-8-17(13)2/h4-6,8-9,12,14,16H,3,7,10H2,1-2H3. The summed E-state index contributed by atoms with van der Waals surface area (Å²) in [6, 6.07) is 3.35. The van der Waals surface area contributed by atoms with Crippen molar-refractivity contribution in [2.75, 3.05) is 18.8 Å². The highest BCUT2D eigenvalue weighted by molar-refractivity contribution is 7.89. The zero-order valence-electron chi connectivity index (χ0n) is 12.1. The van der Waals surface area contributed by atoms with Gasteiger partial charge in [0, 0.05) is 32.5 Å². The molecule has 0 saturated carbocycles. The molecule has 0 aromatic carbocycles. The Labute approximate surface area is 124 Å². The first-order valence-corrected chi connectivity index (χ1v) is 8.40. The van der Waals surface area contributed by atoms with Crippen molar-refractivity contribution in [1.82, 2.24) is 19.6 Å². The van der Waals surface area contributed by atoms with Crippen molar-refractivity contribution in [2.24, 2.45) is 7.05 Å². The molecule has 21 heavy (non-hydrogen) atoms. The number of nitrogens with one attached hydrogen (secondary N) is 2. The molecule has 0 radical (unpaired) electrons. The normalized spacial score (nSPS) is 13.4. The number of rotatable bonds is 8. The summed E-state index contributed by atoms with van der Waals surface area (Å²) in [7, 11) is -1.36. The van der Waals surface area contributed by atoms with Gasteiger partial charge < -0.3 is 8.98 Å². The molecular weight excluding hydrogens is 292 g/mol. The largest absolute Gasteiger partial charge is 0.467 e. The second-order valence-corrected chi connectivity index (χ2v) is 6.54. The lowest BCUT2D eigenvalue weighted by molar-refractivity contribution is 0.435. The Morgan fingerprint density at radius 3 is 2.86 bits per heavy atom. The Morgan fingerprint density at radius 2 is 2.29 bits per heavy atom. The Hall–Kier alpha value is -1.64. The van der Waals surface area contributed by atoms with E-state index >= 15 is 0 Å². The molecule has 0 saturated heterocycles. The summed E-state index contributed by atoms with van der Waals surface area (Å²) in [5, 5.41) is 3.18. The second kappa shape index (κ2) is 6.88. The fourth-order valence-corrected chi connectivity index (χ4v) is 3.03. The zero-order chi connectivity index (χ0) is 15.3. The topological polar surface area (TPSA) is 89.2 Å². The third-order valence-electron chi connectivity index (χ3n) is 3.03. The molecule has 7 nitrogen and oxygen atoms in total. The molecule has 0 bridgehead atoms. The van der Waals surface area contributed by atoms with Crippen molar-refractivity contribution in [3.05, 3.63) is 42.4 Å². The van der Waals surface area contributed by atoms with Gasteiger partial charge in [-0.15, -0.1) is 0 Å². The maximum Gasteiger partial charge on any atom is 0.212 e. The van der Waals surface area contributed by atoms with E-state index in [1.807, 2.05) is 23.9 Å². The number of furan rings is 1. The number of hydrogen-bond donors (Lipinski definition) is 2. The van der Waals surface area contributed by atoms with E-state index in [0.29, 0.717) is 18.8 Å². The minimum Gasteiger partial charge on any atom is -0.467 e. The first kappa shape index (κ1) is 15.7. The van der Waals surface area contributed by atoms with Crippen LogP contribution in [0.5, 0.6) is 0 Å². The van der Waals surface area contributed by atoms with Crippen molar-refractivity contribution in [3.63, 3.8) is 0 Å². The van der Waals surface area contributed by atoms with Gasteiger partial charge in [0.1, 0.15) is 17.6 Å². The number of imidazole rings is 1. The number of aromatic nitrogens is 2. The van der Waals surface area contributed by atoms with Gasteiger partial charge in [-0.2, -0.15) is 0 Å². The molecule has 2 aromatic rings. The summed E-state index contributed by atoms with van der Waals surface area (Å²) in [6.07, 6.45) is 5.12. The average Bonchev–Trinajstić information content (AvgIpc) is 3.06. The van der Waals surface area contributed by atoms with Crippen molar-refractivity contribution in [3.8, 4) is 0 Å². The van der Waals surface area contributed by atoms with Crippen molar-refractivity contribution in [2.45, 2.75) is 13.0 Å². The maximum atomic E-state index is 11.7. The van der Waals surface area contributed by atoms with Gasteiger partial charge in [0.2, 0.25) is 10.0 Å². The average molecular weight is 312 g/mol. The first-order chi connectivity index (χ1) is 10.0. The molecule has 2 rings (SSSR count). The Balaban J connectivity index is 2.07. The predicted octanol–water partition coefficient (Wildman–Crippen LogP) is 0.631. The van der Waals surface area contributed by atoms with Crippen LogP contribution in [0.15, 0.2) is 35.2 Å². The summed E-state index contributed by atoms with van der Waals surface area (Å²) < 4.78 is 33.1. The SMILES string of the molecule is CCNS(=O)(=O)CCNC(c1ccco1)c1nccn1C. The molecule has 1 atom stereocenters. The van der Waals surface area contributed by atoms with Crippen LogP contribution < -0.4 is 10.0 Å². The molecule has 2 heterocycles. The summed E-state index contributed by atoms with van der Waals surface area (Å²) in [4.78, 5) is 4.30. The Kier molecular flexibility index (Phi) is 5.16. The van der Waals surface area contributed by atoms with E-state index in [0.717, 1.165) is 5.82 Å². The van der Waals surface area contributed by atoms with Gasteiger partial charge in [-0.1, -0.05) is 6.92 Å². The lowest BCUT2D eigenvalue weighted by Gasteiger charge is -2.16. The van der Waals surface area contributed by atoms with Gasteiger partial charge in [-0.05, 0) is 12.1 Å². The second-order valence-electron chi connectivity index (χ2n) is 4.62. The summed E-state index contributed by atoms with van der Waals surface area (Å²) in [5.41, 5.74) is 0. The number of hydrogen-bond acceptors (Lipinski definition) is 5. The third-order valence-corrected chi connectivity index (χ3v) is 4.50. The van der Waals surface area contributed by atoms with E-state index in [1.165, 1.54) is 0 Å². The molecule has 0 aliphatic carbocycles. The lowest BCUT2D eigenvalue weighted by atomic mass is 10.2. The van der Waals surface area contributed by atoms with Gasteiger partial charge in [0.25, 0.3) is 0 Å². The van der Waals surface area contributed by atoms with Crippen LogP contribution in [0.3, 0.4) is 0 Å². The minimum absolute atomic E-state index is 0.00245. The lowest BCUT2D eigenvalue weighted by Crippen LogP contribution is -2.34. The van der Waals surface area contributed by atoms with Crippen LogP contribution in [-0.2, 0) is 17.1 Å². The highest BCUT2D eigenvalue weighted by Gasteiger charge is 2.21. The molecule has 8 heteroatoms. The van der Waals surface area contributed by atoms with Crippen LogP contribution >= 0.6 is 0 Å². The molecule has 116 valence electrons. The molecule has 1 unspecified atom stereocenters. The first-order valence-electron chi connectivity index (χ1n) is 6.75. The van der Waals surface area contributed by atoms with Crippen LogP contribution in [0.1, 0.15) is 24.6 Å². The quantitative estimate of drug-likeness (QED) is 0.746. The fourth-order valence-electron chi connectivity index (χ4n) is 2.06. The van der Waals surface area contributed by atoms with E-state index in [9.17, 15) is 8.42 Å². The predicted molar refractivity (Wildman–Crippen MR) is 79.2 cm³/mol. The molecule has 0 amide bonds. The number of nitrogens with zero attached hydrogens (tertiary/aromatic N) is 2. The Bertz CT molecular complexity index is 649. The Morgan fingerprint density at radius 1 is 1.48 bits per heavy atom.